The summed E-state index contributed by atoms with van der Waals surface area (Å²) in [6.45, 7) is 0. The van der Waals surface area contributed by atoms with E-state index in [0.29, 0.717) is 5.39 Å². The Balaban J connectivity index is 0.000000640. The maximum Gasteiger partial charge on any atom is 0.260 e. The summed E-state index contributed by atoms with van der Waals surface area (Å²) >= 11 is 1.54. The highest BCUT2D eigenvalue weighted by atomic mass is 35.5. The van der Waals surface area contributed by atoms with Crippen LogP contribution in [0.1, 0.15) is 0 Å². The molecule has 2 heterocycles. The van der Waals surface area contributed by atoms with Crippen LogP contribution in [-0.4, -0.2) is 9.97 Å². The summed E-state index contributed by atoms with van der Waals surface area (Å²) in [6, 6.07) is 7.85. The normalized spacial score (nSPS) is 9.75. The Bertz CT molecular complexity index is 677. The number of fused-ring (bicyclic) bond motifs is 3. The van der Waals surface area contributed by atoms with Gasteiger partial charge in [0.05, 0.1) is 11.7 Å². The van der Waals surface area contributed by atoms with Crippen LogP contribution in [0.3, 0.4) is 0 Å². The summed E-state index contributed by atoms with van der Waals surface area (Å²) in [6.07, 6.45) is 1.44. The third-order valence-electron chi connectivity index (χ3n) is 2.18. The van der Waals surface area contributed by atoms with Crippen molar-refractivity contribution < 1.29 is 0 Å². The van der Waals surface area contributed by atoms with E-state index in [1.54, 1.807) is 11.3 Å². The molecule has 1 aromatic carbocycles. The van der Waals surface area contributed by atoms with Crippen molar-refractivity contribution in [1.82, 2.24) is 9.97 Å². The molecule has 3 rings (SSSR count). The average molecular weight is 275 g/mol. The van der Waals surface area contributed by atoms with Crippen LogP contribution >= 0.6 is 36.2 Å². The number of nitrogens with one attached hydrogen (secondary N) is 1. The van der Waals surface area contributed by atoms with Gasteiger partial charge in [-0.2, -0.15) is 0 Å². The Morgan fingerprint density at radius 2 is 1.94 bits per heavy atom. The first-order valence-electron chi connectivity index (χ1n) is 4.21. The maximum absolute atomic E-state index is 11.6. The molecule has 0 amide bonds. The Morgan fingerprint density at radius 1 is 1.19 bits per heavy atom. The van der Waals surface area contributed by atoms with Gasteiger partial charge in [0.25, 0.3) is 5.56 Å². The second-order valence-electron chi connectivity index (χ2n) is 3.01. The lowest BCUT2D eigenvalue weighted by Crippen LogP contribution is -2.04. The van der Waals surface area contributed by atoms with E-state index in [1.807, 2.05) is 24.3 Å². The van der Waals surface area contributed by atoms with Crippen LogP contribution in [-0.2, 0) is 0 Å². The molecule has 0 saturated heterocycles. The molecule has 0 radical (unpaired) electrons. The van der Waals surface area contributed by atoms with Gasteiger partial charge in [0.15, 0.2) is 0 Å². The highest BCUT2D eigenvalue weighted by Gasteiger charge is 2.07. The first-order valence-corrected chi connectivity index (χ1v) is 5.03. The number of hydrogen-bond donors (Lipinski definition) is 1. The van der Waals surface area contributed by atoms with Crippen molar-refractivity contribution in [1.29, 1.82) is 0 Å². The minimum atomic E-state index is -0.0625. The number of aromatic nitrogens is 2. The zero-order valence-electron chi connectivity index (χ0n) is 7.97. The topological polar surface area (TPSA) is 45.8 Å². The summed E-state index contributed by atoms with van der Waals surface area (Å²) < 4.78 is 1.10. The van der Waals surface area contributed by atoms with Crippen LogP contribution in [0.25, 0.3) is 20.3 Å². The molecule has 0 aliphatic rings. The van der Waals surface area contributed by atoms with Crippen molar-refractivity contribution in [2.45, 2.75) is 0 Å². The van der Waals surface area contributed by atoms with Gasteiger partial charge in [0.2, 0.25) is 0 Å². The molecule has 3 aromatic rings. The number of H-pyrrole nitrogens is 1. The molecule has 0 saturated carbocycles. The lowest BCUT2D eigenvalue weighted by molar-refractivity contribution is 1.18. The molecule has 0 aliphatic carbocycles. The maximum atomic E-state index is 11.6. The van der Waals surface area contributed by atoms with Gasteiger partial charge in [-0.3, -0.25) is 4.79 Å². The molecule has 0 unspecified atom stereocenters. The minimum Gasteiger partial charge on any atom is -0.313 e. The predicted octanol–water partition coefficient (Wildman–Crippen LogP) is 2.98. The predicted molar refractivity (Wildman–Crippen MR) is 72.2 cm³/mol. The molecular formula is C10H8Cl2N2OS. The van der Waals surface area contributed by atoms with Gasteiger partial charge in [-0.25, -0.2) is 4.98 Å². The standard InChI is InChI=1S/C10H6N2OS.2ClH/c13-9-8-6-3-1-2-4-7(6)14-10(8)12-5-11-9;;/h1-5H,(H,11,12,13);2*1H. The molecule has 0 fully saturated rings. The number of rotatable bonds is 0. The first kappa shape index (κ1) is 13.0. The van der Waals surface area contributed by atoms with Crippen molar-refractivity contribution in [3.63, 3.8) is 0 Å². The van der Waals surface area contributed by atoms with Gasteiger partial charge in [-0.1, -0.05) is 18.2 Å². The number of hydrogen-bond acceptors (Lipinski definition) is 3. The average Bonchev–Trinajstić information content (AvgIpc) is 2.57. The van der Waals surface area contributed by atoms with Crippen LogP contribution in [0, 0.1) is 0 Å². The summed E-state index contributed by atoms with van der Waals surface area (Å²) in [5.74, 6) is 0. The molecule has 0 aliphatic heterocycles. The Kier molecular flexibility index (Phi) is 3.91. The van der Waals surface area contributed by atoms with Gasteiger partial charge in [0, 0.05) is 10.1 Å². The van der Waals surface area contributed by atoms with E-state index < -0.39 is 0 Å². The van der Waals surface area contributed by atoms with E-state index in [4.69, 9.17) is 0 Å². The van der Waals surface area contributed by atoms with E-state index in [-0.39, 0.29) is 30.4 Å². The van der Waals surface area contributed by atoms with Crippen molar-refractivity contribution in [3.8, 4) is 0 Å². The lowest BCUT2D eigenvalue weighted by Gasteiger charge is -1.87. The van der Waals surface area contributed by atoms with Crippen LogP contribution in [0.4, 0.5) is 0 Å². The zero-order chi connectivity index (χ0) is 9.54. The SMILES string of the molecule is Cl.Cl.O=c1[nH]cnc2sc3ccccc3c12. The second-order valence-corrected chi connectivity index (χ2v) is 4.04. The Morgan fingerprint density at radius 3 is 2.75 bits per heavy atom. The number of aromatic amines is 1. The third-order valence-corrected chi connectivity index (χ3v) is 3.26. The number of halogens is 2. The molecule has 16 heavy (non-hydrogen) atoms. The summed E-state index contributed by atoms with van der Waals surface area (Å²) in [5, 5.41) is 1.69. The summed E-state index contributed by atoms with van der Waals surface area (Å²) in [4.78, 5) is 19.1. The van der Waals surface area contributed by atoms with E-state index in [0.717, 1.165) is 14.9 Å². The molecule has 0 bridgehead atoms. The van der Waals surface area contributed by atoms with E-state index in [1.165, 1.54) is 6.33 Å². The lowest BCUT2D eigenvalue weighted by atomic mass is 10.2. The minimum absolute atomic E-state index is 0. The van der Waals surface area contributed by atoms with Crippen LogP contribution < -0.4 is 5.56 Å². The van der Waals surface area contributed by atoms with Crippen molar-refractivity contribution >= 4 is 56.5 Å². The molecular weight excluding hydrogens is 267 g/mol. The molecule has 1 N–H and O–H groups in total. The van der Waals surface area contributed by atoms with E-state index in [2.05, 4.69) is 9.97 Å². The smallest absolute Gasteiger partial charge is 0.260 e. The highest BCUT2D eigenvalue weighted by molar-refractivity contribution is 7.25. The third kappa shape index (κ3) is 1.80. The Labute approximate surface area is 107 Å². The van der Waals surface area contributed by atoms with Gasteiger partial charge < -0.3 is 4.98 Å². The van der Waals surface area contributed by atoms with E-state index >= 15 is 0 Å². The van der Waals surface area contributed by atoms with Gasteiger partial charge in [-0.05, 0) is 6.07 Å². The van der Waals surface area contributed by atoms with Crippen molar-refractivity contribution in [2.24, 2.45) is 0 Å². The van der Waals surface area contributed by atoms with Crippen molar-refractivity contribution in [2.75, 3.05) is 0 Å². The number of nitrogens with zero attached hydrogens (tertiary/aromatic N) is 1. The molecule has 0 spiro atoms. The fraction of sp³-hybridized carbons (Fsp3) is 0. The number of thiophene rings is 1. The zero-order valence-corrected chi connectivity index (χ0v) is 10.4. The fourth-order valence-electron chi connectivity index (χ4n) is 1.56. The molecule has 2 aromatic heterocycles. The first-order chi connectivity index (χ1) is 6.86. The van der Waals surface area contributed by atoms with Gasteiger partial charge >= 0.3 is 0 Å². The summed E-state index contributed by atoms with van der Waals surface area (Å²) in [7, 11) is 0. The molecule has 6 heteroatoms. The second kappa shape index (κ2) is 4.82. The van der Waals surface area contributed by atoms with E-state index in [9.17, 15) is 4.79 Å². The van der Waals surface area contributed by atoms with Gasteiger partial charge in [-0.15, -0.1) is 36.2 Å². The molecule has 0 atom stereocenters. The Hall–Kier alpha value is -1.10. The summed E-state index contributed by atoms with van der Waals surface area (Å²) in [5.41, 5.74) is -0.0625. The van der Waals surface area contributed by atoms with Crippen molar-refractivity contribution in [3.05, 3.63) is 40.9 Å². The number of benzene rings is 1. The monoisotopic (exact) mass is 274 g/mol. The molecule has 84 valence electrons. The van der Waals surface area contributed by atoms with Gasteiger partial charge in [0.1, 0.15) is 4.83 Å². The van der Waals surface area contributed by atoms with Crippen LogP contribution in [0.15, 0.2) is 35.4 Å². The fourth-order valence-corrected chi connectivity index (χ4v) is 2.61. The highest BCUT2D eigenvalue weighted by Crippen LogP contribution is 2.29. The van der Waals surface area contributed by atoms with Crippen LogP contribution in [0.2, 0.25) is 0 Å². The van der Waals surface area contributed by atoms with Crippen LogP contribution in [0.5, 0.6) is 0 Å². The quantitative estimate of drug-likeness (QED) is 0.685. The molecule has 3 nitrogen and oxygen atoms in total. The largest absolute Gasteiger partial charge is 0.313 e.